The Labute approximate surface area is 204 Å². The number of carbonyl (C=O) groups excluding carboxylic acids is 2. The van der Waals surface area contributed by atoms with Gasteiger partial charge in [-0.05, 0) is 35.7 Å². The van der Waals surface area contributed by atoms with Crippen LogP contribution in [0.4, 0.5) is 10.5 Å². The molecule has 1 aromatic heterocycles. The van der Waals surface area contributed by atoms with E-state index in [1.54, 1.807) is 6.20 Å². The van der Waals surface area contributed by atoms with E-state index >= 15 is 0 Å². The first-order valence-electron chi connectivity index (χ1n) is 11.5. The van der Waals surface area contributed by atoms with E-state index in [1.165, 1.54) is 0 Å². The number of aromatic nitrogens is 2. The lowest BCUT2D eigenvalue weighted by Crippen LogP contribution is -2.45. The molecule has 2 amide bonds. The molecule has 3 aromatic carbocycles. The molecule has 7 nitrogen and oxygen atoms in total. The monoisotopic (exact) mass is 468 g/mol. The van der Waals surface area contributed by atoms with Crippen LogP contribution in [0.25, 0.3) is 0 Å². The Morgan fingerprint density at radius 1 is 0.886 bits per heavy atom. The minimum absolute atomic E-state index is 0.129. The Bertz CT molecular complexity index is 1240. The molecule has 178 valence electrons. The van der Waals surface area contributed by atoms with Crippen molar-refractivity contribution in [3.63, 3.8) is 0 Å². The first kappa shape index (κ1) is 23.8. The van der Waals surface area contributed by atoms with Crippen molar-refractivity contribution < 1.29 is 14.3 Å². The number of nitrogens with one attached hydrogen (secondary N) is 2. The van der Waals surface area contributed by atoms with Crippen molar-refractivity contribution in [2.45, 2.75) is 32.5 Å². The molecule has 0 fully saturated rings. The summed E-state index contributed by atoms with van der Waals surface area (Å²) in [6.45, 7) is 2.79. The maximum atomic E-state index is 13.1. The molecule has 0 radical (unpaired) electrons. The van der Waals surface area contributed by atoms with Gasteiger partial charge >= 0.3 is 6.09 Å². The molecule has 1 heterocycles. The molecule has 0 saturated carbocycles. The van der Waals surface area contributed by atoms with Crippen LogP contribution in [0.15, 0.2) is 97.3 Å². The van der Waals surface area contributed by atoms with Crippen molar-refractivity contribution in [3.05, 3.63) is 120 Å². The van der Waals surface area contributed by atoms with E-state index in [0.717, 1.165) is 22.5 Å². The van der Waals surface area contributed by atoms with Crippen LogP contribution in [0.3, 0.4) is 0 Å². The average molecular weight is 469 g/mol. The predicted molar refractivity (Wildman–Crippen MR) is 135 cm³/mol. The third-order valence-electron chi connectivity index (χ3n) is 5.60. The van der Waals surface area contributed by atoms with Crippen molar-refractivity contribution in [1.29, 1.82) is 0 Å². The topological polar surface area (TPSA) is 85.3 Å². The second-order valence-corrected chi connectivity index (χ2v) is 8.24. The van der Waals surface area contributed by atoms with Gasteiger partial charge in [-0.15, -0.1) is 0 Å². The molecular formula is C28H28N4O3. The molecule has 0 spiro atoms. The van der Waals surface area contributed by atoms with Gasteiger partial charge in [-0.25, -0.2) is 9.78 Å². The van der Waals surface area contributed by atoms with E-state index in [1.807, 2.05) is 98.0 Å². The van der Waals surface area contributed by atoms with Gasteiger partial charge < -0.3 is 19.9 Å². The Kier molecular flexibility index (Phi) is 7.91. The molecule has 4 rings (SSSR count). The molecule has 0 saturated heterocycles. The van der Waals surface area contributed by atoms with Gasteiger partial charge in [0.25, 0.3) is 0 Å². The number of amides is 2. The van der Waals surface area contributed by atoms with Crippen LogP contribution in [0, 0.1) is 6.92 Å². The number of imidazole rings is 1. The highest BCUT2D eigenvalue weighted by Gasteiger charge is 2.22. The molecular weight excluding hydrogens is 440 g/mol. The Morgan fingerprint density at radius 3 is 2.17 bits per heavy atom. The van der Waals surface area contributed by atoms with E-state index in [-0.39, 0.29) is 12.5 Å². The van der Waals surface area contributed by atoms with Crippen molar-refractivity contribution in [1.82, 2.24) is 14.9 Å². The number of hydrogen-bond acceptors (Lipinski definition) is 4. The van der Waals surface area contributed by atoms with Crippen LogP contribution in [0.5, 0.6) is 0 Å². The zero-order valence-corrected chi connectivity index (χ0v) is 19.6. The number of rotatable bonds is 9. The van der Waals surface area contributed by atoms with Crippen molar-refractivity contribution in [3.8, 4) is 0 Å². The molecule has 35 heavy (non-hydrogen) atoms. The smallest absolute Gasteiger partial charge is 0.408 e. The number of ether oxygens (including phenoxy) is 1. The molecule has 0 aliphatic carbocycles. The molecule has 0 aliphatic rings. The fourth-order valence-electron chi connectivity index (χ4n) is 3.66. The summed E-state index contributed by atoms with van der Waals surface area (Å²) in [5, 5.41) is 5.63. The number of carbonyl (C=O) groups is 2. The summed E-state index contributed by atoms with van der Waals surface area (Å²) in [6, 6.07) is 25.8. The minimum Gasteiger partial charge on any atom is -0.445 e. The van der Waals surface area contributed by atoms with Crippen LogP contribution >= 0.6 is 0 Å². The van der Waals surface area contributed by atoms with Gasteiger partial charge in [0.1, 0.15) is 18.5 Å². The lowest BCUT2D eigenvalue weighted by molar-refractivity contribution is -0.118. The molecule has 0 aliphatic heterocycles. The van der Waals surface area contributed by atoms with Crippen LogP contribution in [-0.4, -0.2) is 27.6 Å². The Balaban J connectivity index is 1.39. The first-order chi connectivity index (χ1) is 17.1. The first-order valence-corrected chi connectivity index (χ1v) is 11.5. The Morgan fingerprint density at radius 2 is 1.54 bits per heavy atom. The average Bonchev–Trinajstić information content (AvgIpc) is 3.29. The highest BCUT2D eigenvalue weighted by molar-refractivity contribution is 5.96. The fraction of sp³-hybridized carbons (Fsp3) is 0.179. The summed E-state index contributed by atoms with van der Waals surface area (Å²) in [4.78, 5) is 29.8. The number of hydrogen-bond donors (Lipinski definition) is 2. The van der Waals surface area contributed by atoms with Crippen molar-refractivity contribution in [2.24, 2.45) is 0 Å². The third-order valence-corrected chi connectivity index (χ3v) is 5.60. The number of nitrogens with zero attached hydrogens (tertiary/aromatic N) is 2. The zero-order chi connectivity index (χ0) is 24.5. The van der Waals surface area contributed by atoms with Gasteiger partial charge in [-0.3, -0.25) is 4.79 Å². The normalized spacial score (nSPS) is 11.5. The summed E-state index contributed by atoms with van der Waals surface area (Å²) in [6.07, 6.45) is 3.40. The number of aryl methyl sites for hydroxylation is 1. The largest absolute Gasteiger partial charge is 0.445 e. The molecule has 0 bridgehead atoms. The van der Waals surface area contributed by atoms with E-state index in [4.69, 9.17) is 4.74 Å². The maximum absolute atomic E-state index is 13.1. The highest BCUT2D eigenvalue weighted by Crippen LogP contribution is 2.13. The van der Waals surface area contributed by atoms with Crippen LogP contribution < -0.4 is 10.6 Å². The SMILES string of the molecule is Cc1nccn1Cc1ccc(NC(=O)[C@H](Cc2ccccc2)NC(=O)OCc2ccccc2)cc1. The van der Waals surface area contributed by atoms with Crippen LogP contribution in [0.2, 0.25) is 0 Å². The number of benzene rings is 3. The molecule has 7 heteroatoms. The van der Waals surface area contributed by atoms with Gasteiger partial charge in [-0.1, -0.05) is 72.8 Å². The highest BCUT2D eigenvalue weighted by atomic mass is 16.5. The molecule has 1 atom stereocenters. The number of anilines is 1. The van der Waals surface area contributed by atoms with Gasteiger partial charge in [0.05, 0.1) is 0 Å². The maximum Gasteiger partial charge on any atom is 0.408 e. The summed E-state index contributed by atoms with van der Waals surface area (Å²) < 4.78 is 7.38. The van der Waals surface area contributed by atoms with Gasteiger partial charge in [0.15, 0.2) is 0 Å². The fourth-order valence-corrected chi connectivity index (χ4v) is 3.66. The quantitative estimate of drug-likeness (QED) is 0.372. The van der Waals surface area contributed by atoms with Crippen molar-refractivity contribution >= 4 is 17.7 Å². The Hall–Kier alpha value is -4.39. The van der Waals surface area contributed by atoms with E-state index in [9.17, 15) is 9.59 Å². The van der Waals surface area contributed by atoms with E-state index in [0.29, 0.717) is 18.7 Å². The molecule has 0 unspecified atom stereocenters. The lowest BCUT2D eigenvalue weighted by Gasteiger charge is -2.19. The number of alkyl carbamates (subject to hydrolysis) is 1. The zero-order valence-electron chi connectivity index (χ0n) is 19.6. The minimum atomic E-state index is -0.797. The van der Waals surface area contributed by atoms with E-state index < -0.39 is 12.1 Å². The van der Waals surface area contributed by atoms with Gasteiger partial charge in [0.2, 0.25) is 5.91 Å². The second kappa shape index (κ2) is 11.7. The predicted octanol–water partition coefficient (Wildman–Crippen LogP) is 4.72. The standard InChI is InChI=1S/C28H28N4O3/c1-21-29-16-17-32(21)19-23-12-14-25(15-13-23)30-27(33)26(18-22-8-4-2-5-9-22)31-28(34)35-20-24-10-6-3-7-11-24/h2-17,26H,18-20H2,1H3,(H,30,33)(H,31,34)/t26-/m0/s1. The molecule has 2 N–H and O–H groups in total. The van der Waals surface area contributed by atoms with Crippen LogP contribution in [-0.2, 0) is 29.1 Å². The van der Waals surface area contributed by atoms with Crippen molar-refractivity contribution in [2.75, 3.05) is 5.32 Å². The summed E-state index contributed by atoms with van der Waals surface area (Å²) in [7, 11) is 0. The third kappa shape index (κ3) is 7.04. The molecule has 4 aromatic rings. The second-order valence-electron chi connectivity index (χ2n) is 8.24. The van der Waals surface area contributed by atoms with Gasteiger partial charge in [-0.2, -0.15) is 0 Å². The van der Waals surface area contributed by atoms with E-state index in [2.05, 4.69) is 20.2 Å². The summed E-state index contributed by atoms with van der Waals surface area (Å²) in [5.74, 6) is 0.625. The van der Waals surface area contributed by atoms with Gasteiger partial charge in [0, 0.05) is 31.0 Å². The van der Waals surface area contributed by atoms with Crippen LogP contribution in [0.1, 0.15) is 22.5 Å². The summed E-state index contributed by atoms with van der Waals surface area (Å²) in [5.41, 5.74) is 3.55. The summed E-state index contributed by atoms with van der Waals surface area (Å²) >= 11 is 0. The lowest BCUT2D eigenvalue weighted by atomic mass is 10.1.